The fourth-order valence-electron chi connectivity index (χ4n) is 0.581. The van der Waals surface area contributed by atoms with E-state index in [0.717, 1.165) is 0 Å². The van der Waals surface area contributed by atoms with E-state index < -0.39 is 13.2 Å². The molecule has 0 bridgehead atoms. The van der Waals surface area contributed by atoms with E-state index in [1.165, 1.54) is 0 Å². The van der Waals surface area contributed by atoms with Gasteiger partial charge in [0.25, 0.3) is 0 Å². The minimum absolute atomic E-state index is 0.331. The summed E-state index contributed by atoms with van der Waals surface area (Å²) in [6.07, 6.45) is 0. The van der Waals surface area contributed by atoms with Crippen LogP contribution in [0.3, 0.4) is 0 Å². The summed E-state index contributed by atoms with van der Waals surface area (Å²) < 4.78 is 0. The van der Waals surface area contributed by atoms with Gasteiger partial charge in [-0.3, -0.25) is 0 Å². The van der Waals surface area contributed by atoms with Crippen LogP contribution in [0.5, 0.6) is 0 Å². The molecule has 0 radical (unpaired) electrons. The second-order valence-electron chi connectivity index (χ2n) is 4.67. The van der Waals surface area contributed by atoms with Crippen molar-refractivity contribution < 1.29 is 9.90 Å². The number of hydrogen-bond acceptors (Lipinski definition) is 1. The number of carboxylic acid groups (broad SMARTS) is 1. The SMILES string of the molecule is C[PH](C)(C)C.O=C(O)c1ccccc1. The van der Waals surface area contributed by atoms with Gasteiger partial charge < -0.3 is 5.11 Å². The molecular weight excluding hydrogens is 195 g/mol. The van der Waals surface area contributed by atoms with Gasteiger partial charge in [0, 0.05) is 0 Å². The Kier molecular flexibility index (Phi) is 5.40. The Morgan fingerprint density at radius 3 is 1.64 bits per heavy atom. The molecule has 0 aliphatic heterocycles. The van der Waals surface area contributed by atoms with Crippen LogP contribution in [-0.4, -0.2) is 37.7 Å². The van der Waals surface area contributed by atoms with Gasteiger partial charge in [0.05, 0.1) is 5.56 Å². The topological polar surface area (TPSA) is 37.3 Å². The maximum absolute atomic E-state index is 10.2. The Hall–Kier alpha value is -0.880. The Morgan fingerprint density at radius 2 is 1.43 bits per heavy atom. The van der Waals surface area contributed by atoms with Crippen LogP contribution in [0.2, 0.25) is 0 Å². The van der Waals surface area contributed by atoms with Crippen molar-refractivity contribution in [1.82, 2.24) is 0 Å². The fraction of sp³-hybridized carbons (Fsp3) is 0.364. The first-order valence-electron chi connectivity index (χ1n) is 4.59. The number of carbonyl (C=O) groups is 1. The summed E-state index contributed by atoms with van der Waals surface area (Å²) in [6.45, 7) is 9.31. The largest absolute Gasteiger partial charge is 0.478 e. The molecule has 0 heterocycles. The third kappa shape index (κ3) is 9.21. The third-order valence-corrected chi connectivity index (χ3v) is 1.02. The second kappa shape index (κ2) is 5.77. The molecule has 1 N–H and O–H groups in total. The van der Waals surface area contributed by atoms with Crippen molar-refractivity contribution >= 4 is 13.2 Å². The van der Waals surface area contributed by atoms with Crippen LogP contribution < -0.4 is 0 Å². The van der Waals surface area contributed by atoms with Gasteiger partial charge in [-0.15, -0.1) is 0 Å². The van der Waals surface area contributed by atoms with Crippen molar-refractivity contribution in [2.75, 3.05) is 26.7 Å². The average molecular weight is 214 g/mol. The zero-order chi connectivity index (χ0) is 11.2. The number of carboxylic acids is 1. The van der Waals surface area contributed by atoms with E-state index >= 15 is 0 Å². The molecule has 1 rings (SSSR count). The van der Waals surface area contributed by atoms with E-state index in [2.05, 4.69) is 26.7 Å². The summed E-state index contributed by atoms with van der Waals surface area (Å²) in [7, 11) is -0.611. The van der Waals surface area contributed by atoms with E-state index in [4.69, 9.17) is 5.11 Å². The van der Waals surface area contributed by atoms with E-state index in [1.807, 2.05) is 0 Å². The molecule has 0 saturated carbocycles. The fourth-order valence-corrected chi connectivity index (χ4v) is 0.581. The van der Waals surface area contributed by atoms with Gasteiger partial charge in [-0.1, -0.05) is 18.2 Å². The van der Waals surface area contributed by atoms with Crippen LogP contribution in [-0.2, 0) is 0 Å². The van der Waals surface area contributed by atoms with Gasteiger partial charge in [0.15, 0.2) is 0 Å². The Bertz CT molecular complexity index is 269. The van der Waals surface area contributed by atoms with Gasteiger partial charge >= 0.3 is 39.9 Å². The van der Waals surface area contributed by atoms with Crippen LogP contribution >= 0.6 is 7.26 Å². The smallest absolute Gasteiger partial charge is 0.335 e. The van der Waals surface area contributed by atoms with Crippen LogP contribution in [0.25, 0.3) is 0 Å². The van der Waals surface area contributed by atoms with Crippen molar-refractivity contribution in [1.29, 1.82) is 0 Å². The minimum Gasteiger partial charge on any atom is -0.478 e. The average Bonchev–Trinajstić information content (AvgIpc) is 2.03. The first-order chi connectivity index (χ1) is 6.30. The molecule has 0 fully saturated rings. The van der Waals surface area contributed by atoms with Gasteiger partial charge in [-0.05, 0) is 12.1 Å². The van der Waals surface area contributed by atoms with E-state index in [0.29, 0.717) is 5.56 Å². The third-order valence-electron chi connectivity index (χ3n) is 1.02. The van der Waals surface area contributed by atoms with Gasteiger partial charge in [-0.25, -0.2) is 4.79 Å². The molecule has 0 aliphatic rings. The summed E-state index contributed by atoms with van der Waals surface area (Å²) in [5.74, 6) is -0.879. The molecule has 1 aromatic rings. The summed E-state index contributed by atoms with van der Waals surface area (Å²) >= 11 is 0. The number of rotatable bonds is 1. The predicted molar refractivity (Wildman–Crippen MR) is 65.4 cm³/mol. The van der Waals surface area contributed by atoms with Crippen molar-refractivity contribution in [3.05, 3.63) is 35.9 Å². The Balaban J connectivity index is 0.000000292. The van der Waals surface area contributed by atoms with Crippen molar-refractivity contribution in [2.24, 2.45) is 0 Å². The molecule has 3 heteroatoms. The molecule has 14 heavy (non-hydrogen) atoms. The Morgan fingerprint density at radius 1 is 1.07 bits per heavy atom. The monoisotopic (exact) mass is 214 g/mol. The molecule has 0 atom stereocenters. The molecule has 80 valence electrons. The number of hydrogen-bond donors (Lipinski definition) is 1. The van der Waals surface area contributed by atoms with Gasteiger partial charge in [0.2, 0.25) is 0 Å². The Labute approximate surface area is 86.3 Å². The standard InChI is InChI=1S/C7H6O2.C4H13P/c8-7(9)6-4-2-1-3-5-6;1-5(2,3)4/h1-5H,(H,8,9);5H,1-4H3. The molecular formula is C11H19O2P. The molecule has 0 aliphatic carbocycles. The molecule has 0 saturated heterocycles. The van der Waals surface area contributed by atoms with E-state index in [-0.39, 0.29) is 0 Å². The first-order valence-corrected chi connectivity index (χ1v) is 8.59. The van der Waals surface area contributed by atoms with Crippen LogP contribution in [0, 0.1) is 0 Å². The summed E-state index contributed by atoms with van der Waals surface area (Å²) in [4.78, 5) is 10.2. The minimum atomic E-state index is -0.879. The van der Waals surface area contributed by atoms with Crippen molar-refractivity contribution in [2.45, 2.75) is 0 Å². The van der Waals surface area contributed by atoms with E-state index in [1.54, 1.807) is 30.3 Å². The van der Waals surface area contributed by atoms with Crippen LogP contribution in [0.1, 0.15) is 10.4 Å². The second-order valence-corrected chi connectivity index (χ2v) is 10.7. The first kappa shape index (κ1) is 13.1. The molecule has 0 spiro atoms. The molecule has 2 nitrogen and oxygen atoms in total. The van der Waals surface area contributed by atoms with Crippen molar-refractivity contribution in [3.8, 4) is 0 Å². The normalized spacial score (nSPS) is 11.1. The van der Waals surface area contributed by atoms with Gasteiger partial charge in [0.1, 0.15) is 0 Å². The van der Waals surface area contributed by atoms with Crippen LogP contribution in [0.4, 0.5) is 0 Å². The molecule has 0 aromatic heterocycles. The zero-order valence-corrected chi connectivity index (χ0v) is 10.2. The summed E-state index contributed by atoms with van der Waals surface area (Å²) in [5, 5.41) is 8.38. The zero-order valence-electron chi connectivity index (χ0n) is 9.24. The molecule has 1 aromatic carbocycles. The quantitative estimate of drug-likeness (QED) is 0.730. The summed E-state index contributed by atoms with van der Waals surface area (Å²) in [5.41, 5.74) is 0.331. The van der Waals surface area contributed by atoms with Crippen molar-refractivity contribution in [3.63, 3.8) is 0 Å². The maximum atomic E-state index is 10.2. The molecule has 0 unspecified atom stereocenters. The van der Waals surface area contributed by atoms with Gasteiger partial charge in [-0.2, -0.15) is 0 Å². The van der Waals surface area contributed by atoms with E-state index in [9.17, 15) is 4.79 Å². The maximum Gasteiger partial charge on any atom is 0.335 e. The number of benzene rings is 1. The van der Waals surface area contributed by atoms with Crippen LogP contribution in [0.15, 0.2) is 30.3 Å². The molecule has 0 amide bonds. The number of aromatic carboxylic acids is 1. The predicted octanol–water partition coefficient (Wildman–Crippen LogP) is 2.64. The summed E-state index contributed by atoms with van der Waals surface area (Å²) in [6, 6.07) is 8.30.